The third-order valence-corrected chi connectivity index (χ3v) is 2.28. The van der Waals surface area contributed by atoms with Crippen molar-refractivity contribution >= 4 is 0 Å². The molecule has 1 aromatic rings. The Morgan fingerprint density at radius 3 is 3.07 bits per heavy atom. The lowest BCUT2D eigenvalue weighted by Gasteiger charge is -2.07. The maximum absolute atomic E-state index is 5.53. The Balaban J connectivity index is 2.74. The van der Waals surface area contributed by atoms with Crippen LogP contribution in [0.2, 0.25) is 0 Å². The molecule has 1 heterocycles. The lowest BCUT2D eigenvalue weighted by Crippen LogP contribution is -2.09. The van der Waals surface area contributed by atoms with E-state index in [9.17, 15) is 0 Å². The summed E-state index contributed by atoms with van der Waals surface area (Å²) in [5.41, 5.74) is 7.95. The molecule has 0 unspecified atom stereocenters. The highest BCUT2D eigenvalue weighted by Gasteiger charge is 2.01. The number of allylic oxidation sites excluding steroid dienone is 3. The lowest BCUT2D eigenvalue weighted by molar-refractivity contribution is 0.730. The zero-order valence-electron chi connectivity index (χ0n) is 9.32. The molecule has 0 amide bonds. The molecule has 3 nitrogen and oxygen atoms in total. The second kappa shape index (κ2) is 6.19. The van der Waals surface area contributed by atoms with Gasteiger partial charge in [0.1, 0.15) is 0 Å². The van der Waals surface area contributed by atoms with E-state index in [-0.39, 0.29) is 0 Å². The first-order chi connectivity index (χ1) is 7.31. The predicted octanol–water partition coefficient (Wildman–Crippen LogP) is 1.91. The highest BCUT2D eigenvalue weighted by molar-refractivity contribution is 5.17. The van der Waals surface area contributed by atoms with Crippen molar-refractivity contribution in [1.82, 2.24) is 9.55 Å². The van der Waals surface area contributed by atoms with E-state index in [1.807, 2.05) is 18.6 Å². The van der Waals surface area contributed by atoms with Gasteiger partial charge in [0.05, 0.1) is 6.33 Å². The summed E-state index contributed by atoms with van der Waals surface area (Å²) in [5.74, 6) is 0. The molecule has 0 saturated carbocycles. The van der Waals surface area contributed by atoms with E-state index in [4.69, 9.17) is 5.73 Å². The van der Waals surface area contributed by atoms with Crippen LogP contribution in [0.25, 0.3) is 0 Å². The van der Waals surface area contributed by atoms with Crippen LogP contribution in [-0.4, -0.2) is 16.1 Å². The standard InChI is InChI=1S/C12H19N3/c1-3-5-11(4-2)9-15-10-14-8-12(15)6-7-13/h4-5,8,10H,2-3,6-7,9,13H2,1H3/b11-5+. The molecule has 0 bridgehead atoms. The van der Waals surface area contributed by atoms with Crippen LogP contribution in [0.5, 0.6) is 0 Å². The van der Waals surface area contributed by atoms with Crippen molar-refractivity contribution < 1.29 is 0 Å². The number of hydrogen-bond acceptors (Lipinski definition) is 2. The molecule has 0 fully saturated rings. The van der Waals surface area contributed by atoms with Gasteiger partial charge in [-0.25, -0.2) is 4.98 Å². The van der Waals surface area contributed by atoms with Crippen LogP contribution in [0.4, 0.5) is 0 Å². The summed E-state index contributed by atoms with van der Waals surface area (Å²) in [5, 5.41) is 0. The van der Waals surface area contributed by atoms with Gasteiger partial charge in [0.2, 0.25) is 0 Å². The topological polar surface area (TPSA) is 43.8 Å². The Morgan fingerprint density at radius 2 is 2.47 bits per heavy atom. The van der Waals surface area contributed by atoms with E-state index in [0.29, 0.717) is 6.54 Å². The summed E-state index contributed by atoms with van der Waals surface area (Å²) in [6.07, 6.45) is 9.70. The first-order valence-electron chi connectivity index (χ1n) is 5.32. The van der Waals surface area contributed by atoms with Gasteiger partial charge in [0, 0.05) is 24.9 Å². The van der Waals surface area contributed by atoms with Gasteiger partial charge >= 0.3 is 0 Å². The van der Waals surface area contributed by atoms with Crippen LogP contribution in [0.1, 0.15) is 19.0 Å². The zero-order chi connectivity index (χ0) is 11.1. The quantitative estimate of drug-likeness (QED) is 0.721. The van der Waals surface area contributed by atoms with Gasteiger partial charge in [-0.2, -0.15) is 0 Å². The highest BCUT2D eigenvalue weighted by atomic mass is 15.0. The Kier molecular flexibility index (Phi) is 4.84. The minimum Gasteiger partial charge on any atom is -0.330 e. The Labute approximate surface area is 91.3 Å². The average molecular weight is 205 g/mol. The third kappa shape index (κ3) is 3.36. The molecule has 0 atom stereocenters. The molecule has 1 rings (SSSR count). The minimum absolute atomic E-state index is 0.659. The molecule has 0 aromatic carbocycles. The summed E-state index contributed by atoms with van der Waals surface area (Å²) in [6, 6.07) is 0. The molecular formula is C12H19N3. The summed E-state index contributed by atoms with van der Waals surface area (Å²) in [4.78, 5) is 4.13. The normalized spacial score (nSPS) is 11.7. The van der Waals surface area contributed by atoms with Crippen molar-refractivity contribution in [2.45, 2.75) is 26.3 Å². The summed E-state index contributed by atoms with van der Waals surface area (Å²) in [7, 11) is 0. The van der Waals surface area contributed by atoms with Gasteiger partial charge in [-0.3, -0.25) is 0 Å². The zero-order valence-corrected chi connectivity index (χ0v) is 9.32. The van der Waals surface area contributed by atoms with Crippen molar-refractivity contribution in [3.63, 3.8) is 0 Å². The second-order valence-corrected chi connectivity index (χ2v) is 3.44. The largest absolute Gasteiger partial charge is 0.330 e. The number of hydrogen-bond donors (Lipinski definition) is 1. The van der Waals surface area contributed by atoms with Crippen LogP contribution in [-0.2, 0) is 13.0 Å². The summed E-state index contributed by atoms with van der Waals surface area (Å²) in [6.45, 7) is 7.43. The third-order valence-electron chi connectivity index (χ3n) is 2.28. The second-order valence-electron chi connectivity index (χ2n) is 3.44. The van der Waals surface area contributed by atoms with E-state index >= 15 is 0 Å². The van der Waals surface area contributed by atoms with E-state index in [1.165, 1.54) is 11.3 Å². The molecule has 15 heavy (non-hydrogen) atoms. The van der Waals surface area contributed by atoms with E-state index in [1.54, 1.807) is 0 Å². The average Bonchev–Trinajstić information content (AvgIpc) is 2.66. The fraction of sp³-hybridized carbons (Fsp3) is 0.417. The molecule has 0 spiro atoms. The first-order valence-corrected chi connectivity index (χ1v) is 5.32. The van der Waals surface area contributed by atoms with Gasteiger partial charge in [0.25, 0.3) is 0 Å². The molecule has 0 aliphatic heterocycles. The molecule has 0 saturated heterocycles. The van der Waals surface area contributed by atoms with Crippen molar-refractivity contribution in [3.8, 4) is 0 Å². The minimum atomic E-state index is 0.659. The van der Waals surface area contributed by atoms with Gasteiger partial charge in [-0.15, -0.1) is 0 Å². The molecule has 0 aliphatic carbocycles. The van der Waals surface area contributed by atoms with E-state index in [2.05, 4.69) is 29.1 Å². The van der Waals surface area contributed by atoms with Crippen LogP contribution >= 0.6 is 0 Å². The van der Waals surface area contributed by atoms with Crippen LogP contribution in [0.3, 0.4) is 0 Å². The molecule has 1 aromatic heterocycles. The van der Waals surface area contributed by atoms with Gasteiger partial charge in [0.15, 0.2) is 0 Å². The number of rotatable bonds is 6. The van der Waals surface area contributed by atoms with Crippen molar-refractivity contribution in [2.24, 2.45) is 5.73 Å². The number of imidazole rings is 1. The molecule has 82 valence electrons. The Bertz CT molecular complexity index is 336. The summed E-state index contributed by atoms with van der Waals surface area (Å²) < 4.78 is 2.12. The number of nitrogens with zero attached hydrogens (tertiary/aromatic N) is 2. The van der Waals surface area contributed by atoms with Crippen molar-refractivity contribution in [3.05, 3.63) is 42.5 Å². The van der Waals surface area contributed by atoms with Crippen LogP contribution < -0.4 is 5.73 Å². The number of nitrogens with two attached hydrogens (primary N) is 1. The van der Waals surface area contributed by atoms with Gasteiger partial charge in [-0.1, -0.05) is 25.7 Å². The molecular weight excluding hydrogens is 186 g/mol. The lowest BCUT2D eigenvalue weighted by atomic mass is 10.2. The fourth-order valence-electron chi connectivity index (χ4n) is 1.52. The van der Waals surface area contributed by atoms with Crippen LogP contribution in [0, 0.1) is 0 Å². The van der Waals surface area contributed by atoms with Crippen molar-refractivity contribution in [1.29, 1.82) is 0 Å². The molecule has 3 heteroatoms. The SMILES string of the molecule is C=C/C(=C\CC)Cn1cncc1CCN. The maximum atomic E-state index is 5.53. The van der Waals surface area contributed by atoms with Gasteiger partial charge < -0.3 is 10.3 Å². The van der Waals surface area contributed by atoms with Gasteiger partial charge in [-0.05, 0) is 18.5 Å². The van der Waals surface area contributed by atoms with Crippen LogP contribution in [0.15, 0.2) is 36.8 Å². The fourth-order valence-corrected chi connectivity index (χ4v) is 1.52. The first kappa shape index (κ1) is 11.7. The predicted molar refractivity (Wildman–Crippen MR) is 63.6 cm³/mol. The molecule has 0 radical (unpaired) electrons. The Morgan fingerprint density at radius 1 is 1.67 bits per heavy atom. The highest BCUT2D eigenvalue weighted by Crippen LogP contribution is 2.07. The summed E-state index contributed by atoms with van der Waals surface area (Å²) >= 11 is 0. The van der Waals surface area contributed by atoms with E-state index < -0.39 is 0 Å². The Hall–Kier alpha value is -1.35. The van der Waals surface area contributed by atoms with E-state index in [0.717, 1.165) is 19.4 Å². The number of aromatic nitrogens is 2. The van der Waals surface area contributed by atoms with Crippen molar-refractivity contribution in [2.75, 3.05) is 6.54 Å². The molecule has 2 N–H and O–H groups in total. The molecule has 0 aliphatic rings. The monoisotopic (exact) mass is 205 g/mol. The maximum Gasteiger partial charge on any atom is 0.0951 e. The smallest absolute Gasteiger partial charge is 0.0951 e.